The lowest BCUT2D eigenvalue weighted by atomic mass is 9.88. The van der Waals surface area contributed by atoms with E-state index in [-0.39, 0.29) is 5.41 Å². The van der Waals surface area contributed by atoms with Crippen LogP contribution in [0.2, 0.25) is 0 Å². The summed E-state index contributed by atoms with van der Waals surface area (Å²) < 4.78 is 2.66. The van der Waals surface area contributed by atoms with E-state index in [4.69, 9.17) is 4.98 Å². The van der Waals surface area contributed by atoms with Crippen molar-refractivity contribution in [3.8, 4) is 22.4 Å². The van der Waals surface area contributed by atoms with Gasteiger partial charge in [0.25, 0.3) is 0 Å². The predicted octanol–water partition coefficient (Wildman–Crippen LogP) is 9.30. The van der Waals surface area contributed by atoms with Crippen LogP contribution in [0.15, 0.2) is 66.9 Å². The van der Waals surface area contributed by atoms with Crippen LogP contribution in [0.3, 0.4) is 0 Å². The fraction of sp³-hybridized carbons (Fsp3) is 0.258. The van der Waals surface area contributed by atoms with Gasteiger partial charge in [-0.3, -0.25) is 4.98 Å². The fourth-order valence-electron chi connectivity index (χ4n) is 5.08. The van der Waals surface area contributed by atoms with Gasteiger partial charge in [0.1, 0.15) is 0 Å². The lowest BCUT2D eigenvalue weighted by molar-refractivity contribution is 0.411. The smallest absolute Gasteiger partial charge is 0.0704 e. The van der Waals surface area contributed by atoms with Crippen LogP contribution in [0.4, 0.5) is 0 Å². The Labute approximate surface area is 201 Å². The van der Waals surface area contributed by atoms with E-state index in [1.807, 2.05) is 17.5 Å². The summed E-state index contributed by atoms with van der Waals surface area (Å²) in [6.07, 6.45) is 3.00. The van der Waals surface area contributed by atoms with E-state index in [2.05, 4.69) is 102 Å². The maximum absolute atomic E-state index is 4.71. The van der Waals surface area contributed by atoms with Crippen molar-refractivity contribution in [1.82, 2.24) is 4.98 Å². The number of hydrogen-bond donors (Lipinski definition) is 0. The van der Waals surface area contributed by atoms with Crippen LogP contribution in [-0.4, -0.2) is 4.98 Å². The van der Waals surface area contributed by atoms with Crippen LogP contribution in [-0.2, 0) is 6.42 Å². The molecule has 0 aliphatic carbocycles. The maximum atomic E-state index is 4.71. The zero-order valence-corrected chi connectivity index (χ0v) is 21.2. The van der Waals surface area contributed by atoms with Crippen molar-refractivity contribution in [3.63, 3.8) is 0 Å². The highest BCUT2D eigenvalue weighted by atomic mass is 32.1. The number of aryl methyl sites for hydroxylation is 3. The van der Waals surface area contributed by atoms with Crippen molar-refractivity contribution in [1.29, 1.82) is 0 Å². The Balaban J connectivity index is 1.63. The van der Waals surface area contributed by atoms with E-state index in [1.165, 1.54) is 59.1 Å². The van der Waals surface area contributed by atoms with Gasteiger partial charge in [-0.1, -0.05) is 50.6 Å². The van der Waals surface area contributed by atoms with Gasteiger partial charge < -0.3 is 0 Å². The van der Waals surface area contributed by atoms with Crippen molar-refractivity contribution in [2.45, 2.75) is 48.0 Å². The molecule has 0 fully saturated rings. The Bertz CT molecular complexity index is 1470. The molecule has 33 heavy (non-hydrogen) atoms. The molecule has 2 aromatic heterocycles. The molecular formula is C31H31NS. The zero-order valence-electron chi connectivity index (χ0n) is 20.4. The molecule has 0 N–H and O–H groups in total. The molecule has 5 rings (SSSR count). The molecule has 0 aliphatic heterocycles. The van der Waals surface area contributed by atoms with Crippen LogP contribution in [0.1, 0.15) is 43.0 Å². The summed E-state index contributed by atoms with van der Waals surface area (Å²) in [5, 5.41) is 2.65. The fourth-order valence-corrected chi connectivity index (χ4v) is 6.15. The number of aromatic nitrogens is 1. The summed E-state index contributed by atoms with van der Waals surface area (Å²) in [4.78, 5) is 4.71. The van der Waals surface area contributed by atoms with Crippen molar-refractivity contribution in [2.24, 2.45) is 5.41 Å². The molecule has 166 valence electrons. The molecule has 0 radical (unpaired) electrons. The minimum atomic E-state index is 0.259. The first-order valence-corrected chi connectivity index (χ1v) is 12.5. The minimum absolute atomic E-state index is 0.259. The van der Waals surface area contributed by atoms with Gasteiger partial charge in [0.15, 0.2) is 0 Å². The molecule has 0 saturated carbocycles. The zero-order chi connectivity index (χ0) is 23.3. The highest BCUT2D eigenvalue weighted by molar-refractivity contribution is 7.25. The van der Waals surface area contributed by atoms with Gasteiger partial charge in [0, 0.05) is 31.9 Å². The number of benzene rings is 3. The molecule has 0 bridgehead atoms. The molecule has 0 spiro atoms. The molecule has 2 heterocycles. The first kappa shape index (κ1) is 21.9. The van der Waals surface area contributed by atoms with E-state index < -0.39 is 0 Å². The van der Waals surface area contributed by atoms with E-state index in [0.29, 0.717) is 0 Å². The third-order valence-electron chi connectivity index (χ3n) is 6.29. The molecule has 0 atom stereocenters. The Morgan fingerprint density at radius 3 is 1.97 bits per heavy atom. The lowest BCUT2D eigenvalue weighted by Crippen LogP contribution is -2.09. The first-order chi connectivity index (χ1) is 15.7. The number of hydrogen-bond acceptors (Lipinski definition) is 2. The first-order valence-electron chi connectivity index (χ1n) is 11.7. The summed E-state index contributed by atoms with van der Waals surface area (Å²) in [7, 11) is 0. The average Bonchev–Trinajstić information content (AvgIpc) is 3.09. The highest BCUT2D eigenvalue weighted by Gasteiger charge is 2.14. The Hall–Kier alpha value is -2.97. The predicted molar refractivity (Wildman–Crippen MR) is 145 cm³/mol. The largest absolute Gasteiger partial charge is 0.256 e. The normalized spacial score (nSPS) is 12.1. The van der Waals surface area contributed by atoms with E-state index in [1.54, 1.807) is 0 Å². The monoisotopic (exact) mass is 449 g/mol. The number of pyridine rings is 1. The molecule has 0 aliphatic rings. The Morgan fingerprint density at radius 1 is 0.727 bits per heavy atom. The van der Waals surface area contributed by atoms with E-state index >= 15 is 0 Å². The molecule has 2 heteroatoms. The second kappa shape index (κ2) is 8.11. The van der Waals surface area contributed by atoms with E-state index in [9.17, 15) is 0 Å². The van der Waals surface area contributed by atoms with E-state index in [0.717, 1.165) is 12.1 Å². The third kappa shape index (κ3) is 4.32. The highest BCUT2D eigenvalue weighted by Crippen LogP contribution is 2.39. The van der Waals surface area contributed by atoms with Gasteiger partial charge in [0.05, 0.1) is 5.69 Å². The standard InChI is InChI=1S/C31H31NS/c1-19-13-20(2)30(21(3)14-19)24-8-10-29-26(17-24)25-16-23(7-9-28(25)33-29)27-15-22(11-12-32-27)18-31(4,5)6/h7-17H,18H2,1-6H3. The van der Waals surface area contributed by atoms with Crippen molar-refractivity contribution in [3.05, 3.63) is 89.1 Å². The second-order valence-electron chi connectivity index (χ2n) is 10.6. The molecular weight excluding hydrogens is 418 g/mol. The quantitative estimate of drug-likeness (QED) is 0.267. The summed E-state index contributed by atoms with van der Waals surface area (Å²) in [6, 6.07) is 22.7. The van der Waals surface area contributed by atoms with Crippen LogP contribution >= 0.6 is 11.3 Å². The average molecular weight is 450 g/mol. The SMILES string of the molecule is Cc1cc(C)c(-c2ccc3sc4ccc(-c5cc(CC(C)(C)C)ccn5)cc4c3c2)c(C)c1. The van der Waals surface area contributed by atoms with Gasteiger partial charge in [-0.25, -0.2) is 0 Å². The van der Waals surface area contributed by atoms with Crippen LogP contribution in [0.25, 0.3) is 42.6 Å². The van der Waals surface area contributed by atoms with Gasteiger partial charge in [-0.15, -0.1) is 11.3 Å². The Morgan fingerprint density at radius 2 is 1.33 bits per heavy atom. The molecule has 1 nitrogen and oxygen atoms in total. The Kier molecular flexibility index (Phi) is 5.37. The summed E-state index contributed by atoms with van der Waals surface area (Å²) in [5.41, 5.74) is 10.5. The van der Waals surface area contributed by atoms with Gasteiger partial charge in [-0.05, 0) is 96.8 Å². The topological polar surface area (TPSA) is 12.9 Å². The number of nitrogens with zero attached hydrogens (tertiary/aromatic N) is 1. The molecule has 3 aromatic carbocycles. The molecule has 0 saturated heterocycles. The molecule has 0 amide bonds. The third-order valence-corrected chi connectivity index (χ3v) is 7.44. The minimum Gasteiger partial charge on any atom is -0.256 e. The van der Waals surface area contributed by atoms with Crippen LogP contribution in [0, 0.1) is 26.2 Å². The van der Waals surface area contributed by atoms with Gasteiger partial charge >= 0.3 is 0 Å². The van der Waals surface area contributed by atoms with Crippen LogP contribution < -0.4 is 0 Å². The summed E-state index contributed by atoms with van der Waals surface area (Å²) in [5.74, 6) is 0. The van der Waals surface area contributed by atoms with Crippen LogP contribution in [0.5, 0.6) is 0 Å². The molecule has 5 aromatic rings. The summed E-state index contributed by atoms with van der Waals surface area (Å²) >= 11 is 1.87. The van der Waals surface area contributed by atoms with Crippen molar-refractivity contribution in [2.75, 3.05) is 0 Å². The number of thiophene rings is 1. The number of fused-ring (bicyclic) bond motifs is 3. The lowest BCUT2D eigenvalue weighted by Gasteiger charge is -2.18. The molecule has 0 unspecified atom stereocenters. The maximum Gasteiger partial charge on any atom is 0.0704 e. The number of rotatable bonds is 3. The summed E-state index contributed by atoms with van der Waals surface area (Å²) in [6.45, 7) is 13.5. The van der Waals surface area contributed by atoms with Gasteiger partial charge in [-0.2, -0.15) is 0 Å². The second-order valence-corrected chi connectivity index (χ2v) is 11.7. The van der Waals surface area contributed by atoms with Crippen molar-refractivity contribution >= 4 is 31.5 Å². The van der Waals surface area contributed by atoms with Crippen molar-refractivity contribution < 1.29 is 0 Å². The van der Waals surface area contributed by atoms with Gasteiger partial charge in [0.2, 0.25) is 0 Å².